The van der Waals surface area contributed by atoms with Crippen LogP contribution >= 0.6 is 22.9 Å². The fourth-order valence-corrected chi connectivity index (χ4v) is 4.01. The number of carbonyl (C=O) groups excluding carboxylic acids is 1. The van der Waals surface area contributed by atoms with Crippen LogP contribution in [-0.2, 0) is 6.54 Å². The predicted octanol–water partition coefficient (Wildman–Crippen LogP) is 3.82. The van der Waals surface area contributed by atoms with Gasteiger partial charge >= 0.3 is 0 Å². The molecular weight excluding hydrogens is 380 g/mol. The lowest BCUT2D eigenvalue weighted by Crippen LogP contribution is -2.48. The topological polar surface area (TPSA) is 49.3 Å². The molecule has 0 aliphatic carbocycles. The standard InChI is InChI=1S/C20H19ClN4OS/c21-16-6-4-15(5-7-16)19-23-18(14-27-19)20(26)25-11-9-24(10-12-25)13-17-3-1-2-8-22-17/h1-8,14H,9-13H2. The first-order valence-electron chi connectivity index (χ1n) is 8.82. The van der Waals surface area contributed by atoms with Crippen molar-refractivity contribution in [3.8, 4) is 10.6 Å². The summed E-state index contributed by atoms with van der Waals surface area (Å²) in [6.07, 6.45) is 1.82. The molecule has 0 spiro atoms. The maximum atomic E-state index is 12.8. The van der Waals surface area contributed by atoms with E-state index in [2.05, 4.69) is 14.9 Å². The zero-order valence-corrected chi connectivity index (χ0v) is 16.3. The van der Waals surface area contributed by atoms with Gasteiger partial charge in [-0.3, -0.25) is 14.7 Å². The van der Waals surface area contributed by atoms with Crippen LogP contribution in [0.5, 0.6) is 0 Å². The fraction of sp³-hybridized carbons (Fsp3) is 0.250. The summed E-state index contributed by atoms with van der Waals surface area (Å²) in [5.74, 6) is 0.00366. The molecule has 1 amide bonds. The molecule has 27 heavy (non-hydrogen) atoms. The van der Waals surface area contributed by atoms with E-state index in [9.17, 15) is 4.79 Å². The normalized spacial score (nSPS) is 15.1. The summed E-state index contributed by atoms with van der Waals surface area (Å²) in [6.45, 7) is 3.92. The number of aromatic nitrogens is 2. The van der Waals surface area contributed by atoms with E-state index < -0.39 is 0 Å². The molecule has 0 atom stereocenters. The third kappa shape index (κ3) is 4.35. The molecule has 1 saturated heterocycles. The molecule has 1 fully saturated rings. The van der Waals surface area contributed by atoms with E-state index in [0.29, 0.717) is 23.8 Å². The summed E-state index contributed by atoms with van der Waals surface area (Å²) in [6, 6.07) is 13.5. The number of piperazine rings is 1. The highest BCUT2D eigenvalue weighted by Gasteiger charge is 2.24. The van der Waals surface area contributed by atoms with Crippen LogP contribution in [0, 0.1) is 0 Å². The number of pyridine rings is 1. The molecule has 0 unspecified atom stereocenters. The van der Waals surface area contributed by atoms with Crippen molar-refractivity contribution < 1.29 is 4.79 Å². The lowest BCUT2D eigenvalue weighted by Gasteiger charge is -2.34. The van der Waals surface area contributed by atoms with Gasteiger partial charge in [-0.15, -0.1) is 11.3 Å². The van der Waals surface area contributed by atoms with E-state index in [1.807, 2.05) is 58.9 Å². The lowest BCUT2D eigenvalue weighted by molar-refractivity contribution is 0.0622. The number of thiazole rings is 1. The molecule has 1 aromatic carbocycles. The minimum absolute atomic E-state index is 0.00366. The van der Waals surface area contributed by atoms with Crippen LogP contribution in [0.25, 0.3) is 10.6 Å². The van der Waals surface area contributed by atoms with E-state index in [1.54, 1.807) is 0 Å². The summed E-state index contributed by atoms with van der Waals surface area (Å²) in [5.41, 5.74) is 2.55. The first-order valence-corrected chi connectivity index (χ1v) is 10.1. The van der Waals surface area contributed by atoms with Crippen molar-refractivity contribution in [3.05, 3.63) is 70.5 Å². The van der Waals surface area contributed by atoms with Crippen molar-refractivity contribution in [2.45, 2.75) is 6.54 Å². The molecule has 4 rings (SSSR count). The highest BCUT2D eigenvalue weighted by Crippen LogP contribution is 2.25. The zero-order chi connectivity index (χ0) is 18.6. The van der Waals surface area contributed by atoms with Gasteiger partial charge in [0, 0.05) is 54.9 Å². The molecular formula is C20H19ClN4OS. The Hall–Kier alpha value is -2.28. The number of halogens is 1. The van der Waals surface area contributed by atoms with Crippen LogP contribution in [0.3, 0.4) is 0 Å². The van der Waals surface area contributed by atoms with Gasteiger partial charge in [0.05, 0.1) is 5.69 Å². The third-order valence-electron chi connectivity index (χ3n) is 4.59. The second-order valence-corrected chi connectivity index (χ2v) is 7.73. The van der Waals surface area contributed by atoms with Gasteiger partial charge in [-0.2, -0.15) is 0 Å². The van der Waals surface area contributed by atoms with Crippen LogP contribution in [0.4, 0.5) is 0 Å². The largest absolute Gasteiger partial charge is 0.335 e. The van der Waals surface area contributed by atoms with Gasteiger partial charge in [-0.1, -0.05) is 29.8 Å². The minimum Gasteiger partial charge on any atom is -0.335 e. The Kier molecular flexibility index (Phi) is 5.48. The lowest BCUT2D eigenvalue weighted by atomic mass is 10.2. The van der Waals surface area contributed by atoms with Crippen LogP contribution in [0.15, 0.2) is 54.0 Å². The summed E-state index contributed by atoms with van der Waals surface area (Å²) < 4.78 is 0. The van der Waals surface area contributed by atoms with Crippen molar-refractivity contribution in [1.82, 2.24) is 19.8 Å². The number of amides is 1. The molecule has 3 aromatic rings. The molecule has 5 nitrogen and oxygen atoms in total. The van der Waals surface area contributed by atoms with Crippen molar-refractivity contribution in [1.29, 1.82) is 0 Å². The summed E-state index contributed by atoms with van der Waals surface area (Å²) in [4.78, 5) is 25.9. The third-order valence-corrected chi connectivity index (χ3v) is 5.73. The summed E-state index contributed by atoms with van der Waals surface area (Å²) in [7, 11) is 0. The van der Waals surface area contributed by atoms with E-state index >= 15 is 0 Å². The second kappa shape index (κ2) is 8.17. The van der Waals surface area contributed by atoms with Crippen molar-refractivity contribution in [3.63, 3.8) is 0 Å². The predicted molar refractivity (Wildman–Crippen MR) is 108 cm³/mol. The van der Waals surface area contributed by atoms with Gasteiger partial charge in [-0.25, -0.2) is 4.98 Å². The summed E-state index contributed by atoms with van der Waals surface area (Å²) in [5, 5.41) is 3.37. The Morgan fingerprint density at radius 3 is 2.56 bits per heavy atom. The Bertz CT molecular complexity index is 905. The van der Waals surface area contributed by atoms with Crippen LogP contribution in [-0.4, -0.2) is 51.9 Å². The van der Waals surface area contributed by atoms with Gasteiger partial charge in [-0.05, 0) is 24.3 Å². The van der Waals surface area contributed by atoms with Crippen molar-refractivity contribution >= 4 is 28.8 Å². The Labute approximate surface area is 167 Å². The van der Waals surface area contributed by atoms with E-state index in [4.69, 9.17) is 11.6 Å². The maximum Gasteiger partial charge on any atom is 0.273 e. The van der Waals surface area contributed by atoms with Gasteiger partial charge in [0.25, 0.3) is 5.91 Å². The van der Waals surface area contributed by atoms with Crippen molar-refractivity contribution in [2.75, 3.05) is 26.2 Å². The quantitative estimate of drug-likeness (QED) is 0.670. The monoisotopic (exact) mass is 398 g/mol. The van der Waals surface area contributed by atoms with Crippen LogP contribution in [0.2, 0.25) is 5.02 Å². The first kappa shape index (κ1) is 18.1. The molecule has 0 radical (unpaired) electrons. The number of carbonyl (C=O) groups is 1. The highest BCUT2D eigenvalue weighted by atomic mass is 35.5. The Morgan fingerprint density at radius 1 is 1.07 bits per heavy atom. The number of nitrogens with zero attached hydrogens (tertiary/aromatic N) is 4. The SMILES string of the molecule is O=C(c1csc(-c2ccc(Cl)cc2)n1)N1CCN(Cc2ccccn2)CC1. The van der Waals surface area contributed by atoms with Crippen molar-refractivity contribution in [2.24, 2.45) is 0 Å². The molecule has 0 saturated carbocycles. The molecule has 138 valence electrons. The maximum absolute atomic E-state index is 12.8. The molecule has 1 aliphatic rings. The van der Waals surface area contributed by atoms with E-state index in [0.717, 1.165) is 35.9 Å². The first-order chi connectivity index (χ1) is 13.2. The molecule has 1 aliphatic heterocycles. The highest BCUT2D eigenvalue weighted by molar-refractivity contribution is 7.13. The Morgan fingerprint density at radius 2 is 1.85 bits per heavy atom. The molecule has 0 N–H and O–H groups in total. The number of rotatable bonds is 4. The van der Waals surface area contributed by atoms with Gasteiger partial charge in [0.2, 0.25) is 0 Å². The average Bonchev–Trinajstić information content (AvgIpc) is 3.20. The zero-order valence-electron chi connectivity index (χ0n) is 14.7. The molecule has 2 aromatic heterocycles. The number of hydrogen-bond donors (Lipinski definition) is 0. The minimum atomic E-state index is 0.00366. The van der Waals surface area contributed by atoms with Gasteiger partial charge in [0.1, 0.15) is 10.7 Å². The Balaban J connectivity index is 1.36. The molecule has 0 bridgehead atoms. The van der Waals surface area contributed by atoms with Crippen LogP contribution < -0.4 is 0 Å². The summed E-state index contributed by atoms with van der Waals surface area (Å²) >= 11 is 7.42. The van der Waals surface area contributed by atoms with Gasteiger partial charge < -0.3 is 4.90 Å². The fourth-order valence-electron chi connectivity index (χ4n) is 3.09. The van der Waals surface area contributed by atoms with Gasteiger partial charge in [0.15, 0.2) is 0 Å². The van der Waals surface area contributed by atoms with Crippen LogP contribution in [0.1, 0.15) is 16.2 Å². The number of hydrogen-bond acceptors (Lipinski definition) is 5. The smallest absolute Gasteiger partial charge is 0.273 e. The van der Waals surface area contributed by atoms with E-state index in [1.165, 1.54) is 11.3 Å². The average molecular weight is 399 g/mol. The second-order valence-electron chi connectivity index (χ2n) is 6.43. The number of benzene rings is 1. The van der Waals surface area contributed by atoms with E-state index in [-0.39, 0.29) is 5.91 Å². The molecule has 7 heteroatoms. The molecule has 3 heterocycles.